The number of ether oxygens (including phenoxy) is 4. The van der Waals surface area contributed by atoms with Crippen LogP contribution in [0.25, 0.3) is 0 Å². The first-order chi connectivity index (χ1) is 21.4. The molecule has 0 aliphatic rings. The Morgan fingerprint density at radius 3 is 2.11 bits per heavy atom. The number of benzene rings is 3. The first-order valence-electron chi connectivity index (χ1n) is 14.1. The summed E-state index contributed by atoms with van der Waals surface area (Å²) in [5.74, 6) is 0.273. The number of carbonyl (C=O) groups excluding carboxylic acids is 2. The predicted molar refractivity (Wildman–Crippen MR) is 176 cm³/mol. The van der Waals surface area contributed by atoms with Crippen molar-refractivity contribution >= 4 is 43.5 Å². The fourth-order valence-electron chi connectivity index (χ4n) is 4.48. The van der Waals surface area contributed by atoms with E-state index in [0.29, 0.717) is 18.0 Å². The lowest BCUT2D eigenvalue weighted by Crippen LogP contribution is -2.51. The molecule has 3 aromatic carbocycles. The van der Waals surface area contributed by atoms with Gasteiger partial charge in [0.05, 0.1) is 39.0 Å². The highest BCUT2D eigenvalue weighted by atomic mass is 79.9. The lowest BCUT2D eigenvalue weighted by atomic mass is 10.1. The summed E-state index contributed by atoms with van der Waals surface area (Å²) < 4.78 is 52.1. The van der Waals surface area contributed by atoms with Gasteiger partial charge in [0.15, 0.2) is 11.5 Å². The van der Waals surface area contributed by atoms with Crippen LogP contribution in [0.2, 0.25) is 0 Å². The maximum absolute atomic E-state index is 14.4. The van der Waals surface area contributed by atoms with Gasteiger partial charge in [-0.3, -0.25) is 13.9 Å². The zero-order valence-electron chi connectivity index (χ0n) is 26.5. The molecule has 0 aliphatic carbocycles. The van der Waals surface area contributed by atoms with Gasteiger partial charge < -0.3 is 29.2 Å². The van der Waals surface area contributed by atoms with E-state index in [0.717, 1.165) is 14.3 Å². The number of sulfonamides is 1. The summed E-state index contributed by atoms with van der Waals surface area (Å²) in [4.78, 5) is 28.7. The van der Waals surface area contributed by atoms with Crippen molar-refractivity contribution in [3.8, 4) is 23.0 Å². The first-order valence-corrected chi connectivity index (χ1v) is 16.4. The molecule has 0 saturated heterocycles. The molecule has 0 spiro atoms. The summed E-state index contributed by atoms with van der Waals surface area (Å²) in [5, 5.41) is 2.88. The minimum atomic E-state index is -4.44. The lowest BCUT2D eigenvalue weighted by molar-refractivity contribution is -0.139. The van der Waals surface area contributed by atoms with E-state index in [-0.39, 0.29) is 40.5 Å². The van der Waals surface area contributed by atoms with Crippen LogP contribution in [0, 0.1) is 5.92 Å². The van der Waals surface area contributed by atoms with Crippen molar-refractivity contribution in [1.82, 2.24) is 10.2 Å². The van der Waals surface area contributed by atoms with Crippen molar-refractivity contribution in [2.45, 2.75) is 38.3 Å². The number of carbonyl (C=O) groups is 2. The van der Waals surface area contributed by atoms with E-state index in [1.807, 2.05) is 38.1 Å². The van der Waals surface area contributed by atoms with E-state index in [2.05, 4.69) is 21.2 Å². The van der Waals surface area contributed by atoms with Crippen LogP contribution in [0.1, 0.15) is 26.3 Å². The van der Waals surface area contributed by atoms with Crippen molar-refractivity contribution in [3.05, 3.63) is 70.7 Å². The first kappa shape index (κ1) is 35.5. The second-order valence-electron chi connectivity index (χ2n) is 10.5. The van der Waals surface area contributed by atoms with E-state index in [9.17, 15) is 18.0 Å². The number of amides is 2. The van der Waals surface area contributed by atoms with Gasteiger partial charge >= 0.3 is 0 Å². The van der Waals surface area contributed by atoms with Crippen molar-refractivity contribution in [3.63, 3.8) is 0 Å². The molecule has 11 nitrogen and oxygen atoms in total. The Balaban J connectivity index is 2.16. The molecule has 13 heteroatoms. The molecule has 0 bridgehead atoms. The Morgan fingerprint density at radius 1 is 0.844 bits per heavy atom. The molecule has 0 saturated carbocycles. The number of anilines is 1. The lowest BCUT2D eigenvalue weighted by Gasteiger charge is -2.32. The van der Waals surface area contributed by atoms with Crippen molar-refractivity contribution < 1.29 is 37.0 Å². The summed E-state index contributed by atoms with van der Waals surface area (Å²) in [6.07, 6.45) is 0. The molecule has 244 valence electrons. The maximum Gasteiger partial charge on any atom is 0.265 e. The predicted octanol–water partition coefficient (Wildman–Crippen LogP) is 4.87. The summed E-state index contributed by atoms with van der Waals surface area (Å²) in [6, 6.07) is 15.2. The Kier molecular flexibility index (Phi) is 12.5. The van der Waals surface area contributed by atoms with Crippen molar-refractivity contribution in [1.29, 1.82) is 0 Å². The van der Waals surface area contributed by atoms with Gasteiger partial charge in [-0.25, -0.2) is 8.42 Å². The van der Waals surface area contributed by atoms with Crippen LogP contribution in [0.5, 0.6) is 23.0 Å². The van der Waals surface area contributed by atoms with Crippen LogP contribution in [-0.4, -0.2) is 72.7 Å². The highest BCUT2D eigenvalue weighted by molar-refractivity contribution is 9.10. The number of halogens is 1. The topological polar surface area (TPSA) is 124 Å². The highest BCUT2D eigenvalue weighted by Gasteiger charge is 2.34. The van der Waals surface area contributed by atoms with Crippen LogP contribution >= 0.6 is 15.9 Å². The standard InChI is InChI=1S/C32H40BrN3O8S/c1-21(2)18-34-32(38)22(3)35(19-23-9-8-10-24(33)15-23)31(37)20-36(27-16-25(41-4)11-13-28(27)42-5)45(39,40)26-12-14-29(43-6)30(17-26)44-7/h8-17,21-22H,18-20H2,1-7H3,(H,34,38)/t22-/m0/s1. The molecular weight excluding hydrogens is 666 g/mol. The molecule has 0 aromatic heterocycles. The molecule has 3 aromatic rings. The van der Waals surface area contributed by atoms with Gasteiger partial charge in [-0.05, 0) is 54.8 Å². The summed E-state index contributed by atoms with van der Waals surface area (Å²) >= 11 is 3.45. The number of rotatable bonds is 15. The zero-order chi connectivity index (χ0) is 33.3. The molecule has 1 N–H and O–H groups in total. The second-order valence-corrected chi connectivity index (χ2v) is 13.3. The normalized spacial score (nSPS) is 11.8. The maximum atomic E-state index is 14.4. The van der Waals surface area contributed by atoms with Crippen LogP contribution in [0.4, 0.5) is 5.69 Å². The van der Waals surface area contributed by atoms with E-state index in [1.54, 1.807) is 19.1 Å². The fourth-order valence-corrected chi connectivity index (χ4v) is 6.36. The number of hydrogen-bond acceptors (Lipinski definition) is 8. The monoisotopic (exact) mass is 705 g/mol. The molecule has 0 heterocycles. The minimum absolute atomic E-state index is 0.0496. The van der Waals surface area contributed by atoms with E-state index in [4.69, 9.17) is 18.9 Å². The smallest absolute Gasteiger partial charge is 0.265 e. The van der Waals surface area contributed by atoms with E-state index in [1.165, 1.54) is 57.6 Å². The Bertz CT molecular complexity index is 1600. The van der Waals surface area contributed by atoms with Gasteiger partial charge in [0.25, 0.3) is 10.0 Å². The van der Waals surface area contributed by atoms with Gasteiger partial charge in [-0.1, -0.05) is 41.9 Å². The third kappa shape index (κ3) is 8.82. The van der Waals surface area contributed by atoms with Gasteiger partial charge in [0.2, 0.25) is 11.8 Å². The Labute approximate surface area is 273 Å². The molecule has 45 heavy (non-hydrogen) atoms. The van der Waals surface area contributed by atoms with Gasteiger partial charge in [-0.15, -0.1) is 0 Å². The molecule has 2 amide bonds. The summed E-state index contributed by atoms with van der Waals surface area (Å²) in [6.45, 7) is 5.36. The minimum Gasteiger partial charge on any atom is -0.497 e. The van der Waals surface area contributed by atoms with Gasteiger partial charge in [-0.2, -0.15) is 0 Å². The number of nitrogens with one attached hydrogen (secondary N) is 1. The molecule has 0 radical (unpaired) electrons. The van der Waals surface area contributed by atoms with Crippen molar-refractivity contribution in [2.75, 3.05) is 45.8 Å². The Morgan fingerprint density at radius 2 is 1.51 bits per heavy atom. The van der Waals surface area contributed by atoms with E-state index < -0.39 is 28.5 Å². The SMILES string of the molecule is COc1ccc(OC)c(N(CC(=O)N(Cc2cccc(Br)c2)[C@@H](C)C(=O)NCC(C)C)S(=O)(=O)c2ccc(OC)c(OC)c2)c1. The van der Waals surface area contributed by atoms with Crippen LogP contribution in [0.3, 0.4) is 0 Å². The fraction of sp³-hybridized carbons (Fsp3) is 0.375. The average Bonchev–Trinajstić information content (AvgIpc) is 3.03. The molecule has 0 aliphatic heterocycles. The van der Waals surface area contributed by atoms with Crippen molar-refractivity contribution in [2.24, 2.45) is 5.92 Å². The second kappa shape index (κ2) is 15.8. The van der Waals surface area contributed by atoms with Gasteiger partial charge in [0, 0.05) is 29.7 Å². The van der Waals surface area contributed by atoms with E-state index >= 15 is 0 Å². The van der Waals surface area contributed by atoms with Gasteiger partial charge in [0.1, 0.15) is 24.1 Å². The van der Waals surface area contributed by atoms with Crippen LogP contribution in [0.15, 0.2) is 70.0 Å². The molecule has 0 fully saturated rings. The zero-order valence-corrected chi connectivity index (χ0v) is 28.9. The third-order valence-electron chi connectivity index (χ3n) is 6.97. The Hall–Kier alpha value is -3.97. The van der Waals surface area contributed by atoms with Crippen LogP contribution in [-0.2, 0) is 26.2 Å². The average molecular weight is 707 g/mol. The molecule has 0 unspecified atom stereocenters. The molecule has 3 rings (SSSR count). The largest absolute Gasteiger partial charge is 0.497 e. The quantitative estimate of drug-likeness (QED) is 0.238. The third-order valence-corrected chi connectivity index (χ3v) is 9.22. The molecule has 1 atom stereocenters. The molecular formula is C32H40BrN3O8S. The number of hydrogen-bond donors (Lipinski definition) is 1. The highest BCUT2D eigenvalue weighted by Crippen LogP contribution is 2.37. The summed E-state index contributed by atoms with van der Waals surface area (Å²) in [7, 11) is 1.24. The van der Waals surface area contributed by atoms with Crippen LogP contribution < -0.4 is 28.6 Å². The number of methoxy groups -OCH3 is 4. The summed E-state index contributed by atoms with van der Waals surface area (Å²) in [5.41, 5.74) is 0.814. The number of nitrogens with zero attached hydrogens (tertiary/aromatic N) is 2.